The molecule has 1 aliphatic carbocycles. The maximum atomic E-state index is 12.2. The summed E-state index contributed by atoms with van der Waals surface area (Å²) in [4.78, 5) is 12.2. The summed E-state index contributed by atoms with van der Waals surface area (Å²) in [6.45, 7) is 0.692. The van der Waals surface area contributed by atoms with Gasteiger partial charge in [-0.3, -0.25) is 4.79 Å². The largest absolute Gasteiger partial charge is 0.344 e. The first kappa shape index (κ1) is 18.2. The third-order valence-electron chi connectivity index (χ3n) is 5.29. The molecule has 0 radical (unpaired) electrons. The molecule has 2 aromatic carbocycles. The van der Waals surface area contributed by atoms with E-state index in [0.717, 1.165) is 18.4 Å². The first-order valence-corrected chi connectivity index (χ1v) is 9.95. The molecular weight excluding hydrogens is 346 g/mol. The number of rotatable bonds is 6. The van der Waals surface area contributed by atoms with Gasteiger partial charge in [0.25, 0.3) is 0 Å². The lowest BCUT2D eigenvalue weighted by Crippen LogP contribution is -2.20. The molecule has 142 valence electrons. The molecule has 28 heavy (non-hydrogen) atoms. The number of allylic oxidation sites excluding steroid dienone is 1. The van der Waals surface area contributed by atoms with Crippen molar-refractivity contribution in [2.24, 2.45) is 5.10 Å². The van der Waals surface area contributed by atoms with Gasteiger partial charge >= 0.3 is 0 Å². The van der Waals surface area contributed by atoms with Crippen molar-refractivity contribution in [2.45, 2.75) is 38.6 Å². The summed E-state index contributed by atoms with van der Waals surface area (Å²) in [5.74, 6) is -0.0632. The highest BCUT2D eigenvalue weighted by molar-refractivity contribution is 5.86. The molecule has 1 N–H and O–H groups in total. The Kier molecular flexibility index (Phi) is 5.66. The average molecular weight is 371 g/mol. The summed E-state index contributed by atoms with van der Waals surface area (Å²) in [5, 5.41) is 5.36. The maximum Gasteiger partial charge on any atom is 0.241 e. The van der Waals surface area contributed by atoms with E-state index in [0.29, 0.717) is 13.0 Å². The lowest BCUT2D eigenvalue weighted by Gasteiger charge is -2.15. The second-order valence-electron chi connectivity index (χ2n) is 7.13. The number of carbonyl (C=O) groups excluding carboxylic acids is 1. The number of benzene rings is 2. The number of carbonyl (C=O) groups is 1. The van der Waals surface area contributed by atoms with Gasteiger partial charge < -0.3 is 4.57 Å². The van der Waals surface area contributed by atoms with Crippen LogP contribution in [-0.2, 0) is 24.2 Å². The monoisotopic (exact) mass is 371 g/mol. The Balaban J connectivity index is 1.36. The van der Waals surface area contributed by atoms with Gasteiger partial charge in [0.05, 0.1) is 0 Å². The Labute approximate surface area is 165 Å². The minimum absolute atomic E-state index is 0.0632. The quantitative estimate of drug-likeness (QED) is 0.494. The maximum absolute atomic E-state index is 12.2. The Morgan fingerprint density at radius 1 is 1.04 bits per heavy atom. The van der Waals surface area contributed by atoms with E-state index in [9.17, 15) is 4.79 Å². The molecule has 0 bridgehead atoms. The minimum atomic E-state index is -0.0632. The van der Waals surface area contributed by atoms with E-state index in [1.54, 1.807) is 6.21 Å². The molecule has 3 aromatic rings. The molecule has 0 saturated carbocycles. The number of aromatic nitrogens is 1. The molecule has 0 fully saturated rings. The molecule has 1 aromatic heterocycles. The molecule has 1 amide bonds. The first-order valence-electron chi connectivity index (χ1n) is 9.95. The van der Waals surface area contributed by atoms with Crippen LogP contribution < -0.4 is 5.43 Å². The summed E-state index contributed by atoms with van der Waals surface area (Å²) >= 11 is 0. The molecule has 0 unspecified atom stereocenters. The molecule has 0 aliphatic heterocycles. The molecule has 4 rings (SSSR count). The van der Waals surface area contributed by atoms with Gasteiger partial charge in [0.1, 0.15) is 0 Å². The van der Waals surface area contributed by atoms with E-state index in [4.69, 9.17) is 0 Å². The van der Waals surface area contributed by atoms with Crippen molar-refractivity contribution in [2.75, 3.05) is 0 Å². The van der Waals surface area contributed by atoms with Gasteiger partial charge in [0, 0.05) is 35.8 Å². The van der Waals surface area contributed by atoms with Gasteiger partial charge in [0.15, 0.2) is 0 Å². The van der Waals surface area contributed by atoms with Crippen LogP contribution in [0.5, 0.6) is 0 Å². The van der Waals surface area contributed by atoms with Crippen molar-refractivity contribution >= 4 is 29.1 Å². The Bertz CT molecular complexity index is 1020. The number of amides is 1. The average Bonchev–Trinajstić information content (AvgIpc) is 3.07. The molecule has 4 nitrogen and oxygen atoms in total. The van der Waals surface area contributed by atoms with Crippen LogP contribution in [0.1, 0.15) is 36.1 Å². The normalized spacial score (nSPS) is 14.0. The van der Waals surface area contributed by atoms with Crippen LogP contribution in [0.15, 0.2) is 65.8 Å². The molecule has 1 aliphatic rings. The fourth-order valence-corrected chi connectivity index (χ4v) is 3.98. The van der Waals surface area contributed by atoms with Crippen LogP contribution in [0.25, 0.3) is 17.0 Å². The van der Waals surface area contributed by atoms with Crippen LogP contribution in [0.3, 0.4) is 0 Å². The number of hydrogen-bond donors (Lipinski definition) is 1. The number of fused-ring (bicyclic) bond motifs is 3. The second kappa shape index (κ2) is 8.70. The van der Waals surface area contributed by atoms with Crippen LogP contribution in [0.4, 0.5) is 0 Å². The molecule has 0 saturated heterocycles. The highest BCUT2D eigenvalue weighted by atomic mass is 16.2. The first-order chi connectivity index (χ1) is 13.8. The van der Waals surface area contributed by atoms with E-state index in [-0.39, 0.29) is 5.91 Å². The third-order valence-corrected chi connectivity index (χ3v) is 5.29. The van der Waals surface area contributed by atoms with Gasteiger partial charge in [-0.25, -0.2) is 5.43 Å². The van der Waals surface area contributed by atoms with E-state index in [1.807, 2.05) is 42.5 Å². The number of aryl methyl sites for hydroxylation is 2. The summed E-state index contributed by atoms with van der Waals surface area (Å²) in [6.07, 6.45) is 10.5. The second-order valence-corrected chi connectivity index (χ2v) is 7.13. The van der Waals surface area contributed by atoms with Gasteiger partial charge in [-0.15, -0.1) is 0 Å². The van der Waals surface area contributed by atoms with Crippen molar-refractivity contribution in [1.29, 1.82) is 0 Å². The SMILES string of the molecule is O=C(CCn1c2c(c3ccccc31)CCCC2)N/N=C/C=C/c1ccccc1. The Morgan fingerprint density at radius 3 is 2.71 bits per heavy atom. The van der Waals surface area contributed by atoms with Crippen molar-refractivity contribution in [3.05, 3.63) is 77.5 Å². The van der Waals surface area contributed by atoms with Gasteiger partial charge in [0.2, 0.25) is 5.91 Å². The standard InChI is InChI=1S/C24H25N3O/c28-24(26-25-17-8-11-19-9-2-1-3-10-19)16-18-27-22-14-6-4-12-20(22)21-13-5-7-15-23(21)27/h1-4,6,8-12,14,17H,5,7,13,15-16,18H2,(H,26,28)/b11-8+,25-17+. The van der Waals surface area contributed by atoms with Crippen molar-refractivity contribution < 1.29 is 4.79 Å². The minimum Gasteiger partial charge on any atom is -0.344 e. The Morgan fingerprint density at radius 2 is 1.82 bits per heavy atom. The zero-order chi connectivity index (χ0) is 19.2. The topological polar surface area (TPSA) is 46.4 Å². The summed E-state index contributed by atoms with van der Waals surface area (Å²) in [7, 11) is 0. The third kappa shape index (κ3) is 4.06. The zero-order valence-corrected chi connectivity index (χ0v) is 16.0. The number of hydrogen-bond acceptors (Lipinski definition) is 2. The molecule has 0 atom stereocenters. The summed E-state index contributed by atoms with van der Waals surface area (Å²) in [5.41, 5.74) is 7.86. The van der Waals surface area contributed by atoms with Gasteiger partial charge in [-0.05, 0) is 49.0 Å². The van der Waals surface area contributed by atoms with E-state index < -0.39 is 0 Å². The van der Waals surface area contributed by atoms with E-state index in [1.165, 1.54) is 35.0 Å². The smallest absolute Gasteiger partial charge is 0.241 e. The van der Waals surface area contributed by atoms with Crippen molar-refractivity contribution in [3.63, 3.8) is 0 Å². The molecule has 1 heterocycles. The summed E-state index contributed by atoms with van der Waals surface area (Å²) < 4.78 is 2.34. The highest BCUT2D eigenvalue weighted by Gasteiger charge is 2.19. The van der Waals surface area contributed by atoms with Crippen molar-refractivity contribution in [3.8, 4) is 0 Å². The van der Waals surface area contributed by atoms with Crippen LogP contribution in [0.2, 0.25) is 0 Å². The number of nitrogens with zero attached hydrogens (tertiary/aromatic N) is 2. The summed E-state index contributed by atoms with van der Waals surface area (Å²) in [6, 6.07) is 18.6. The predicted molar refractivity (Wildman–Crippen MR) is 115 cm³/mol. The van der Waals surface area contributed by atoms with Gasteiger partial charge in [-0.1, -0.05) is 54.6 Å². The van der Waals surface area contributed by atoms with Crippen LogP contribution in [0, 0.1) is 0 Å². The zero-order valence-electron chi connectivity index (χ0n) is 16.0. The lowest BCUT2D eigenvalue weighted by molar-refractivity contribution is -0.121. The lowest BCUT2D eigenvalue weighted by atomic mass is 9.95. The fourth-order valence-electron chi connectivity index (χ4n) is 3.98. The predicted octanol–water partition coefficient (Wildman–Crippen LogP) is 4.73. The van der Waals surface area contributed by atoms with Crippen molar-refractivity contribution in [1.82, 2.24) is 9.99 Å². The molecule has 4 heteroatoms. The fraction of sp³-hybridized carbons (Fsp3) is 0.250. The molecular formula is C24H25N3O. The van der Waals surface area contributed by atoms with Crippen LogP contribution in [-0.4, -0.2) is 16.7 Å². The van der Waals surface area contributed by atoms with E-state index >= 15 is 0 Å². The Hall–Kier alpha value is -3.14. The van der Waals surface area contributed by atoms with Gasteiger partial charge in [-0.2, -0.15) is 5.10 Å². The number of nitrogens with one attached hydrogen (secondary N) is 1. The number of para-hydroxylation sites is 1. The van der Waals surface area contributed by atoms with E-state index in [2.05, 4.69) is 39.4 Å². The number of hydrazone groups is 1. The molecule has 0 spiro atoms. The van der Waals surface area contributed by atoms with Crippen LogP contribution >= 0.6 is 0 Å². The highest BCUT2D eigenvalue weighted by Crippen LogP contribution is 2.32.